The van der Waals surface area contributed by atoms with Gasteiger partial charge in [0.05, 0.1) is 10.6 Å². The van der Waals surface area contributed by atoms with Gasteiger partial charge in [0.2, 0.25) is 11.8 Å². The van der Waals surface area contributed by atoms with Crippen molar-refractivity contribution in [2.24, 2.45) is 0 Å². The molecule has 9 heteroatoms. The van der Waals surface area contributed by atoms with Crippen molar-refractivity contribution in [3.05, 3.63) is 132 Å². The van der Waals surface area contributed by atoms with Crippen molar-refractivity contribution in [1.29, 1.82) is 0 Å². The summed E-state index contributed by atoms with van der Waals surface area (Å²) in [5.41, 5.74) is 1.48. The molecule has 0 aliphatic carbocycles. The summed E-state index contributed by atoms with van der Waals surface area (Å²) in [5, 5.41) is 2.97. The first kappa shape index (κ1) is 32.4. The Morgan fingerprint density at radius 1 is 0.841 bits per heavy atom. The molecule has 0 aliphatic heterocycles. The average Bonchev–Trinajstić information content (AvgIpc) is 2.98. The lowest BCUT2D eigenvalue weighted by molar-refractivity contribution is -0.140. The predicted molar refractivity (Wildman–Crippen MR) is 171 cm³/mol. The van der Waals surface area contributed by atoms with E-state index in [-0.39, 0.29) is 23.4 Å². The highest BCUT2D eigenvalue weighted by molar-refractivity contribution is 7.92. The van der Waals surface area contributed by atoms with E-state index >= 15 is 4.39 Å². The van der Waals surface area contributed by atoms with Crippen LogP contribution in [0.1, 0.15) is 37.5 Å². The summed E-state index contributed by atoms with van der Waals surface area (Å²) < 4.78 is 44.1. The summed E-state index contributed by atoms with van der Waals surface area (Å²) in [7, 11) is -4.20. The van der Waals surface area contributed by atoms with Crippen LogP contribution in [0, 0.1) is 12.7 Å². The molecular weight excluding hydrogens is 577 g/mol. The normalized spacial score (nSPS) is 12.3. The number of anilines is 1. The third-order valence-electron chi connectivity index (χ3n) is 6.97. The second-order valence-electron chi connectivity index (χ2n) is 11.7. The van der Waals surface area contributed by atoms with Crippen LogP contribution < -0.4 is 9.62 Å². The van der Waals surface area contributed by atoms with Crippen molar-refractivity contribution in [1.82, 2.24) is 10.2 Å². The Labute approximate surface area is 259 Å². The SMILES string of the molecule is Cc1cccc(N(CC(=O)N(Cc2ccccc2F)[C@H](Cc2ccccc2)C(=O)NC(C)(C)C)S(=O)(=O)c2ccccc2)c1. The van der Waals surface area contributed by atoms with E-state index in [0.717, 1.165) is 15.4 Å². The molecule has 0 aromatic heterocycles. The number of nitrogens with one attached hydrogen (secondary N) is 1. The molecule has 0 spiro atoms. The van der Waals surface area contributed by atoms with Crippen LogP contribution in [0.4, 0.5) is 10.1 Å². The van der Waals surface area contributed by atoms with Gasteiger partial charge >= 0.3 is 0 Å². The number of nitrogens with zero attached hydrogens (tertiary/aromatic N) is 2. The van der Waals surface area contributed by atoms with Crippen molar-refractivity contribution in [3.8, 4) is 0 Å². The second-order valence-corrected chi connectivity index (χ2v) is 13.6. The summed E-state index contributed by atoms with van der Waals surface area (Å²) >= 11 is 0. The standard InChI is InChI=1S/C35H38FN3O4S/c1-26-14-13-18-29(22-26)39(44(42,43)30-19-9-6-10-20-30)25-33(40)38(24-28-17-11-12-21-31(28)36)32(34(41)37-35(2,3)4)23-27-15-7-5-8-16-27/h5-22,32H,23-25H2,1-4H3,(H,37,41)/t32-/m1/s1. The third kappa shape index (κ3) is 8.32. The third-order valence-corrected chi connectivity index (χ3v) is 8.76. The first-order chi connectivity index (χ1) is 20.8. The molecule has 0 aliphatic rings. The molecule has 1 N–H and O–H groups in total. The number of carbonyl (C=O) groups excluding carboxylic acids is 2. The van der Waals surface area contributed by atoms with Gasteiger partial charge in [0, 0.05) is 24.1 Å². The summed E-state index contributed by atoms with van der Waals surface area (Å²) in [5.74, 6) is -1.62. The number of hydrogen-bond acceptors (Lipinski definition) is 4. The Kier molecular flexibility index (Phi) is 10.2. The van der Waals surface area contributed by atoms with Gasteiger partial charge in [0.1, 0.15) is 18.4 Å². The van der Waals surface area contributed by atoms with E-state index in [0.29, 0.717) is 5.69 Å². The highest BCUT2D eigenvalue weighted by Crippen LogP contribution is 2.26. The van der Waals surface area contributed by atoms with E-state index in [1.807, 2.05) is 64.1 Å². The highest BCUT2D eigenvalue weighted by atomic mass is 32.2. The van der Waals surface area contributed by atoms with Gasteiger partial charge in [-0.2, -0.15) is 0 Å². The number of sulfonamides is 1. The van der Waals surface area contributed by atoms with E-state index < -0.39 is 45.8 Å². The molecule has 0 heterocycles. The monoisotopic (exact) mass is 615 g/mol. The lowest BCUT2D eigenvalue weighted by Gasteiger charge is -2.35. The molecule has 2 amide bonds. The first-order valence-electron chi connectivity index (χ1n) is 14.4. The van der Waals surface area contributed by atoms with Gasteiger partial charge in [0.15, 0.2) is 0 Å². The minimum absolute atomic E-state index is 0.0151. The van der Waals surface area contributed by atoms with E-state index in [2.05, 4.69) is 5.32 Å². The van der Waals surface area contributed by atoms with Crippen LogP contribution in [0.25, 0.3) is 0 Å². The first-order valence-corrected chi connectivity index (χ1v) is 15.8. The zero-order valence-electron chi connectivity index (χ0n) is 25.4. The number of hydrogen-bond donors (Lipinski definition) is 1. The quantitative estimate of drug-likeness (QED) is 0.228. The van der Waals surface area contributed by atoms with Gasteiger partial charge in [-0.1, -0.05) is 78.9 Å². The van der Waals surface area contributed by atoms with Crippen LogP contribution in [0.5, 0.6) is 0 Å². The highest BCUT2D eigenvalue weighted by Gasteiger charge is 2.36. The van der Waals surface area contributed by atoms with Crippen LogP contribution in [0.3, 0.4) is 0 Å². The number of benzene rings is 4. The molecular formula is C35H38FN3O4S. The Balaban J connectivity index is 1.82. The number of halogens is 1. The largest absolute Gasteiger partial charge is 0.350 e. The molecule has 0 saturated heterocycles. The molecule has 0 saturated carbocycles. The van der Waals surface area contributed by atoms with Gasteiger partial charge in [0.25, 0.3) is 10.0 Å². The van der Waals surface area contributed by atoms with Gasteiger partial charge in [-0.05, 0) is 69.2 Å². The molecule has 0 unspecified atom stereocenters. The van der Waals surface area contributed by atoms with Crippen LogP contribution in [-0.2, 0) is 32.6 Å². The molecule has 0 radical (unpaired) electrons. The lowest BCUT2D eigenvalue weighted by atomic mass is 10.0. The van der Waals surface area contributed by atoms with Crippen molar-refractivity contribution in [2.45, 2.75) is 57.1 Å². The van der Waals surface area contributed by atoms with Gasteiger partial charge in [-0.25, -0.2) is 12.8 Å². The Bertz CT molecular complexity index is 1690. The fourth-order valence-corrected chi connectivity index (χ4v) is 6.28. The summed E-state index contributed by atoms with van der Waals surface area (Å²) in [6.45, 7) is 6.48. The molecule has 4 rings (SSSR count). The Hall–Kier alpha value is -4.50. The zero-order chi connectivity index (χ0) is 31.9. The minimum Gasteiger partial charge on any atom is -0.350 e. The second kappa shape index (κ2) is 13.9. The van der Waals surface area contributed by atoms with Crippen molar-refractivity contribution in [3.63, 3.8) is 0 Å². The summed E-state index contributed by atoms with van der Waals surface area (Å²) in [6, 6.07) is 28.9. The molecule has 0 fully saturated rings. The Morgan fingerprint density at radius 3 is 2.07 bits per heavy atom. The maximum absolute atomic E-state index is 15.0. The maximum Gasteiger partial charge on any atom is 0.264 e. The average molecular weight is 616 g/mol. The van der Waals surface area contributed by atoms with E-state index in [1.165, 1.54) is 23.1 Å². The molecule has 4 aromatic carbocycles. The molecule has 230 valence electrons. The minimum atomic E-state index is -4.20. The van der Waals surface area contributed by atoms with Crippen LogP contribution in [-0.4, -0.2) is 43.3 Å². The van der Waals surface area contributed by atoms with E-state index in [4.69, 9.17) is 0 Å². The molecule has 0 bridgehead atoms. The zero-order valence-corrected chi connectivity index (χ0v) is 26.2. The number of aryl methyl sites for hydroxylation is 1. The predicted octanol–water partition coefficient (Wildman–Crippen LogP) is 5.88. The fraction of sp³-hybridized carbons (Fsp3) is 0.257. The number of rotatable bonds is 11. The number of carbonyl (C=O) groups is 2. The van der Waals surface area contributed by atoms with Gasteiger partial charge in [-0.15, -0.1) is 0 Å². The van der Waals surface area contributed by atoms with Crippen molar-refractivity contribution < 1.29 is 22.4 Å². The van der Waals surface area contributed by atoms with Crippen molar-refractivity contribution in [2.75, 3.05) is 10.8 Å². The van der Waals surface area contributed by atoms with Crippen LogP contribution in [0.2, 0.25) is 0 Å². The fourth-order valence-electron chi connectivity index (χ4n) is 4.85. The molecule has 44 heavy (non-hydrogen) atoms. The topological polar surface area (TPSA) is 86.8 Å². The summed E-state index contributed by atoms with van der Waals surface area (Å²) in [4.78, 5) is 29.6. The molecule has 7 nitrogen and oxygen atoms in total. The smallest absolute Gasteiger partial charge is 0.264 e. The summed E-state index contributed by atoms with van der Waals surface area (Å²) in [6.07, 6.45) is 0.138. The van der Waals surface area contributed by atoms with Gasteiger partial charge < -0.3 is 10.2 Å². The maximum atomic E-state index is 15.0. The molecule has 1 atom stereocenters. The number of amides is 2. The van der Waals surface area contributed by atoms with E-state index in [1.54, 1.807) is 54.6 Å². The van der Waals surface area contributed by atoms with Crippen LogP contribution in [0.15, 0.2) is 114 Å². The molecule has 4 aromatic rings. The lowest BCUT2D eigenvalue weighted by Crippen LogP contribution is -2.56. The van der Waals surface area contributed by atoms with Gasteiger partial charge in [-0.3, -0.25) is 13.9 Å². The van der Waals surface area contributed by atoms with E-state index in [9.17, 15) is 18.0 Å². The Morgan fingerprint density at radius 2 is 1.45 bits per heavy atom. The van der Waals surface area contributed by atoms with Crippen LogP contribution >= 0.6 is 0 Å². The van der Waals surface area contributed by atoms with Crippen molar-refractivity contribution >= 4 is 27.5 Å².